The summed E-state index contributed by atoms with van der Waals surface area (Å²) in [7, 11) is 1.96. The zero-order chi connectivity index (χ0) is 20.3. The minimum atomic E-state index is -0.220. The predicted molar refractivity (Wildman–Crippen MR) is 113 cm³/mol. The summed E-state index contributed by atoms with van der Waals surface area (Å²) in [5, 5.41) is 12.3. The number of amides is 1. The van der Waals surface area contributed by atoms with Crippen LogP contribution < -0.4 is 15.0 Å². The molecule has 0 bridgehead atoms. The second-order valence-corrected chi connectivity index (χ2v) is 8.48. The van der Waals surface area contributed by atoms with Crippen LogP contribution in [-0.2, 0) is 16.6 Å². The van der Waals surface area contributed by atoms with Crippen LogP contribution in [0.2, 0.25) is 0 Å². The zero-order valence-corrected chi connectivity index (χ0v) is 17.2. The molecule has 2 N–H and O–H groups in total. The van der Waals surface area contributed by atoms with Gasteiger partial charge in [-0.25, -0.2) is 0 Å². The highest BCUT2D eigenvalue weighted by molar-refractivity contribution is 5.91. The average molecular weight is 383 g/mol. The first-order valence-electron chi connectivity index (χ1n) is 9.78. The minimum absolute atomic E-state index is 0.00698. The number of aliphatic hydroxyl groups is 1. The topological polar surface area (TPSA) is 61.8 Å². The van der Waals surface area contributed by atoms with Crippen LogP contribution in [0.25, 0.3) is 0 Å². The van der Waals surface area contributed by atoms with Gasteiger partial charge in [-0.3, -0.25) is 4.79 Å². The number of rotatable bonds is 5. The van der Waals surface area contributed by atoms with Crippen molar-refractivity contribution in [3.05, 3.63) is 53.6 Å². The molecule has 150 valence electrons. The van der Waals surface area contributed by atoms with Crippen LogP contribution in [0.3, 0.4) is 0 Å². The number of fused-ring (bicyclic) bond motifs is 1. The van der Waals surface area contributed by atoms with Crippen molar-refractivity contribution in [3.63, 3.8) is 0 Å². The van der Waals surface area contributed by atoms with E-state index in [2.05, 4.69) is 50.4 Å². The molecule has 2 aromatic carbocycles. The summed E-state index contributed by atoms with van der Waals surface area (Å²) in [6, 6.07) is 14.1. The zero-order valence-electron chi connectivity index (χ0n) is 17.2. The monoisotopic (exact) mass is 382 g/mol. The normalized spacial score (nSPS) is 16.3. The van der Waals surface area contributed by atoms with E-state index in [-0.39, 0.29) is 24.0 Å². The van der Waals surface area contributed by atoms with Crippen molar-refractivity contribution in [1.29, 1.82) is 0 Å². The molecule has 2 aromatic rings. The van der Waals surface area contributed by atoms with Crippen LogP contribution in [0.5, 0.6) is 5.75 Å². The van der Waals surface area contributed by atoms with Gasteiger partial charge in [-0.2, -0.15) is 0 Å². The van der Waals surface area contributed by atoms with E-state index >= 15 is 0 Å². The van der Waals surface area contributed by atoms with E-state index in [1.54, 1.807) is 0 Å². The van der Waals surface area contributed by atoms with Gasteiger partial charge in [0, 0.05) is 19.2 Å². The van der Waals surface area contributed by atoms with Crippen LogP contribution in [0.1, 0.15) is 38.3 Å². The molecule has 0 saturated heterocycles. The van der Waals surface area contributed by atoms with E-state index in [4.69, 9.17) is 4.74 Å². The van der Waals surface area contributed by atoms with E-state index in [1.165, 1.54) is 5.56 Å². The van der Waals surface area contributed by atoms with Gasteiger partial charge >= 0.3 is 0 Å². The minimum Gasteiger partial charge on any atom is -0.484 e. The van der Waals surface area contributed by atoms with Crippen molar-refractivity contribution in [2.24, 2.45) is 0 Å². The first-order chi connectivity index (χ1) is 13.3. The van der Waals surface area contributed by atoms with Gasteiger partial charge in [0.2, 0.25) is 5.91 Å². The molecule has 0 aromatic heterocycles. The summed E-state index contributed by atoms with van der Waals surface area (Å²) in [4.78, 5) is 14.4. The summed E-state index contributed by atoms with van der Waals surface area (Å²) in [6.45, 7) is 7.19. The fourth-order valence-corrected chi connectivity index (χ4v) is 3.36. The Morgan fingerprint density at radius 1 is 1.21 bits per heavy atom. The van der Waals surface area contributed by atoms with Gasteiger partial charge < -0.3 is 20.1 Å². The van der Waals surface area contributed by atoms with E-state index in [0.717, 1.165) is 22.7 Å². The molecule has 5 nitrogen and oxygen atoms in total. The van der Waals surface area contributed by atoms with Crippen molar-refractivity contribution in [3.8, 4) is 5.75 Å². The van der Waals surface area contributed by atoms with Gasteiger partial charge in [0.05, 0.1) is 18.8 Å². The summed E-state index contributed by atoms with van der Waals surface area (Å²) >= 11 is 0. The Bertz CT molecular complexity index is 825. The second kappa shape index (κ2) is 8.23. The number of hydrogen-bond acceptors (Lipinski definition) is 4. The van der Waals surface area contributed by atoms with Crippen molar-refractivity contribution in [2.75, 3.05) is 30.4 Å². The number of likely N-dealkylation sites (N-methyl/N-ethyl adjacent to an activating group) is 1. The molecule has 0 aliphatic carbocycles. The van der Waals surface area contributed by atoms with Crippen molar-refractivity contribution in [2.45, 2.75) is 45.1 Å². The predicted octanol–water partition coefficient (Wildman–Crippen LogP) is 3.74. The fraction of sp³-hybridized carbons (Fsp3) is 0.435. The Balaban J connectivity index is 1.57. The molecule has 1 amide bonds. The maximum Gasteiger partial charge on any atom is 0.224 e. The standard InChI is InChI=1S/C23H30N2O3/c1-23(2,3)17-8-5-16(6-9-17)7-12-22(27)24-18-10-11-21-20(13-18)25(4)14-19(15-26)28-21/h5-6,8-11,13,19,26H,7,12,14-15H2,1-4H3,(H,24,27). The Morgan fingerprint density at radius 2 is 1.93 bits per heavy atom. The molecule has 28 heavy (non-hydrogen) atoms. The third-order valence-electron chi connectivity index (χ3n) is 5.09. The first kappa shape index (κ1) is 20.2. The van der Waals surface area contributed by atoms with Gasteiger partial charge in [0.25, 0.3) is 0 Å². The van der Waals surface area contributed by atoms with Crippen LogP contribution in [0.15, 0.2) is 42.5 Å². The maximum absolute atomic E-state index is 12.4. The van der Waals surface area contributed by atoms with E-state index in [9.17, 15) is 9.90 Å². The Labute approximate surface area is 167 Å². The number of anilines is 2. The fourth-order valence-electron chi connectivity index (χ4n) is 3.36. The molecule has 5 heteroatoms. The number of carbonyl (C=O) groups is 1. The molecular formula is C23H30N2O3. The van der Waals surface area contributed by atoms with E-state index < -0.39 is 0 Å². The average Bonchev–Trinajstić information content (AvgIpc) is 2.66. The number of nitrogens with zero attached hydrogens (tertiary/aromatic N) is 1. The Kier molecular flexibility index (Phi) is 5.94. The highest BCUT2D eigenvalue weighted by Crippen LogP contribution is 2.35. The van der Waals surface area contributed by atoms with Gasteiger partial charge in [-0.1, -0.05) is 45.0 Å². The third-order valence-corrected chi connectivity index (χ3v) is 5.09. The van der Waals surface area contributed by atoms with Gasteiger partial charge in [-0.05, 0) is 41.2 Å². The molecule has 1 aliphatic rings. The number of aliphatic hydroxyl groups excluding tert-OH is 1. The quantitative estimate of drug-likeness (QED) is 0.827. The van der Waals surface area contributed by atoms with Crippen LogP contribution in [0, 0.1) is 0 Å². The Hall–Kier alpha value is -2.53. The number of carbonyl (C=O) groups excluding carboxylic acids is 1. The summed E-state index contributed by atoms with van der Waals surface area (Å²) in [6.07, 6.45) is 0.926. The number of aryl methyl sites for hydroxylation is 1. The molecular weight excluding hydrogens is 352 g/mol. The van der Waals surface area contributed by atoms with Crippen LogP contribution >= 0.6 is 0 Å². The smallest absolute Gasteiger partial charge is 0.224 e. The highest BCUT2D eigenvalue weighted by atomic mass is 16.5. The lowest BCUT2D eigenvalue weighted by Crippen LogP contribution is -2.39. The molecule has 1 aliphatic heterocycles. The molecule has 1 atom stereocenters. The lowest BCUT2D eigenvalue weighted by molar-refractivity contribution is -0.116. The second-order valence-electron chi connectivity index (χ2n) is 8.48. The Morgan fingerprint density at radius 3 is 2.57 bits per heavy atom. The molecule has 1 heterocycles. The molecule has 0 fully saturated rings. The molecule has 1 unspecified atom stereocenters. The van der Waals surface area contributed by atoms with Crippen molar-refractivity contribution in [1.82, 2.24) is 0 Å². The first-order valence-corrected chi connectivity index (χ1v) is 9.78. The van der Waals surface area contributed by atoms with Gasteiger partial charge in [0.1, 0.15) is 11.9 Å². The lowest BCUT2D eigenvalue weighted by Gasteiger charge is -2.33. The largest absolute Gasteiger partial charge is 0.484 e. The molecule has 0 radical (unpaired) electrons. The number of benzene rings is 2. The third kappa shape index (κ3) is 4.84. The van der Waals surface area contributed by atoms with Crippen molar-refractivity contribution < 1.29 is 14.6 Å². The summed E-state index contributed by atoms with van der Waals surface area (Å²) in [5.41, 5.74) is 4.27. The highest BCUT2D eigenvalue weighted by Gasteiger charge is 2.23. The number of hydrogen-bond donors (Lipinski definition) is 2. The van der Waals surface area contributed by atoms with Crippen molar-refractivity contribution >= 4 is 17.3 Å². The lowest BCUT2D eigenvalue weighted by atomic mass is 9.86. The van der Waals surface area contributed by atoms with Gasteiger partial charge in [-0.15, -0.1) is 0 Å². The van der Waals surface area contributed by atoms with Crippen LogP contribution in [0.4, 0.5) is 11.4 Å². The number of nitrogens with one attached hydrogen (secondary N) is 1. The SMILES string of the molecule is CN1CC(CO)Oc2ccc(NC(=O)CCc3ccc(C(C)(C)C)cc3)cc21. The number of ether oxygens (including phenoxy) is 1. The maximum atomic E-state index is 12.4. The molecule has 0 spiro atoms. The summed E-state index contributed by atoms with van der Waals surface area (Å²) in [5.74, 6) is 0.720. The molecule has 3 rings (SSSR count). The summed E-state index contributed by atoms with van der Waals surface area (Å²) < 4.78 is 5.75. The van der Waals surface area contributed by atoms with Crippen LogP contribution in [-0.4, -0.2) is 37.3 Å². The van der Waals surface area contributed by atoms with Gasteiger partial charge in [0.15, 0.2) is 0 Å². The molecule has 0 saturated carbocycles. The van der Waals surface area contributed by atoms with E-state index in [1.807, 2.05) is 30.1 Å². The van der Waals surface area contributed by atoms with E-state index in [0.29, 0.717) is 19.4 Å².